The number of hydrogen-bond acceptors (Lipinski definition) is 2. The molecule has 0 aliphatic rings. The molecule has 2 heteroatoms. The van der Waals surface area contributed by atoms with E-state index in [1.54, 1.807) is 0 Å². The lowest BCUT2D eigenvalue weighted by Gasteiger charge is -2.14. The van der Waals surface area contributed by atoms with Crippen molar-refractivity contribution in [3.05, 3.63) is 23.3 Å². The largest absolute Gasteiger partial charge is 0.491 e. The molecule has 0 aliphatic carbocycles. The fourth-order valence-electron chi connectivity index (χ4n) is 1.19. The summed E-state index contributed by atoms with van der Waals surface area (Å²) in [5, 5.41) is 0. The maximum atomic E-state index is 5.76. The minimum atomic E-state index is 0.210. The summed E-state index contributed by atoms with van der Waals surface area (Å²) in [6.45, 7) is 8.03. The maximum absolute atomic E-state index is 5.76. The van der Waals surface area contributed by atoms with E-state index in [0.29, 0.717) is 0 Å². The van der Waals surface area contributed by atoms with E-state index in [0.717, 1.165) is 22.6 Å². The first-order valence-electron chi connectivity index (χ1n) is 4.54. The number of ether oxygens (including phenoxy) is 1. The van der Waals surface area contributed by atoms with Crippen LogP contribution in [0.5, 0.6) is 5.75 Å². The maximum Gasteiger partial charge on any atom is 0.123 e. The van der Waals surface area contributed by atoms with Gasteiger partial charge in [-0.1, -0.05) is 0 Å². The third-order valence-electron chi connectivity index (χ3n) is 1.93. The van der Waals surface area contributed by atoms with Crippen LogP contribution < -0.4 is 10.5 Å². The highest BCUT2D eigenvalue weighted by molar-refractivity contribution is 5.53. The molecule has 72 valence electrons. The first kappa shape index (κ1) is 9.90. The van der Waals surface area contributed by atoms with Crippen molar-refractivity contribution < 1.29 is 4.74 Å². The topological polar surface area (TPSA) is 35.2 Å². The molecular formula is C11H17NO. The molecule has 0 radical (unpaired) electrons. The van der Waals surface area contributed by atoms with Gasteiger partial charge < -0.3 is 10.5 Å². The third-order valence-corrected chi connectivity index (χ3v) is 1.93. The minimum absolute atomic E-state index is 0.210. The van der Waals surface area contributed by atoms with E-state index in [1.165, 1.54) is 0 Å². The molecule has 0 amide bonds. The van der Waals surface area contributed by atoms with Crippen LogP contribution in [0.1, 0.15) is 25.0 Å². The van der Waals surface area contributed by atoms with E-state index in [-0.39, 0.29) is 6.10 Å². The highest BCUT2D eigenvalue weighted by atomic mass is 16.5. The smallest absolute Gasteiger partial charge is 0.123 e. The lowest BCUT2D eigenvalue weighted by Crippen LogP contribution is -2.07. The Bertz CT molecular complexity index is 305. The van der Waals surface area contributed by atoms with E-state index in [4.69, 9.17) is 10.5 Å². The quantitative estimate of drug-likeness (QED) is 0.708. The van der Waals surface area contributed by atoms with Gasteiger partial charge in [0.05, 0.1) is 6.10 Å². The number of nitrogen functional groups attached to an aromatic ring is 1. The summed E-state index contributed by atoms with van der Waals surface area (Å²) in [5.41, 5.74) is 8.76. The van der Waals surface area contributed by atoms with E-state index >= 15 is 0 Å². The molecular weight excluding hydrogens is 162 g/mol. The summed E-state index contributed by atoms with van der Waals surface area (Å²) in [7, 11) is 0. The summed E-state index contributed by atoms with van der Waals surface area (Å²) < 4.78 is 5.63. The molecule has 0 saturated carbocycles. The van der Waals surface area contributed by atoms with Gasteiger partial charge in [-0.3, -0.25) is 0 Å². The van der Waals surface area contributed by atoms with Crippen molar-refractivity contribution in [1.82, 2.24) is 0 Å². The summed E-state index contributed by atoms with van der Waals surface area (Å²) in [6, 6.07) is 3.94. The van der Waals surface area contributed by atoms with Crippen LogP contribution in [0.25, 0.3) is 0 Å². The summed E-state index contributed by atoms with van der Waals surface area (Å²) in [4.78, 5) is 0. The van der Waals surface area contributed by atoms with E-state index in [2.05, 4.69) is 0 Å². The fraction of sp³-hybridized carbons (Fsp3) is 0.455. The molecule has 0 heterocycles. The highest BCUT2D eigenvalue weighted by Gasteiger charge is 2.04. The van der Waals surface area contributed by atoms with Crippen LogP contribution in [0, 0.1) is 13.8 Å². The van der Waals surface area contributed by atoms with Gasteiger partial charge in [0.2, 0.25) is 0 Å². The van der Waals surface area contributed by atoms with E-state index < -0.39 is 0 Å². The van der Waals surface area contributed by atoms with Crippen LogP contribution in [0.3, 0.4) is 0 Å². The first-order valence-corrected chi connectivity index (χ1v) is 4.54. The number of aryl methyl sites for hydroxylation is 2. The monoisotopic (exact) mass is 179 g/mol. The highest BCUT2D eigenvalue weighted by Crippen LogP contribution is 2.24. The molecule has 1 rings (SSSR count). The predicted molar refractivity (Wildman–Crippen MR) is 56.1 cm³/mol. The Kier molecular flexibility index (Phi) is 2.81. The zero-order valence-electron chi connectivity index (χ0n) is 8.72. The predicted octanol–water partition coefficient (Wildman–Crippen LogP) is 2.67. The molecule has 0 aromatic heterocycles. The van der Waals surface area contributed by atoms with Gasteiger partial charge in [-0.25, -0.2) is 0 Å². The Morgan fingerprint density at radius 1 is 1.15 bits per heavy atom. The molecule has 2 N–H and O–H groups in total. The Morgan fingerprint density at radius 2 is 1.77 bits per heavy atom. The van der Waals surface area contributed by atoms with Crippen molar-refractivity contribution in [2.24, 2.45) is 0 Å². The lowest BCUT2D eigenvalue weighted by atomic mass is 10.1. The van der Waals surface area contributed by atoms with Gasteiger partial charge in [-0.05, 0) is 51.0 Å². The molecule has 0 aliphatic heterocycles. The van der Waals surface area contributed by atoms with Gasteiger partial charge in [-0.15, -0.1) is 0 Å². The first-order chi connectivity index (χ1) is 6.00. The zero-order chi connectivity index (χ0) is 10.0. The number of nitrogens with two attached hydrogens (primary N) is 1. The molecule has 0 fully saturated rings. The van der Waals surface area contributed by atoms with Crippen LogP contribution in [0.4, 0.5) is 5.69 Å². The second kappa shape index (κ2) is 3.69. The van der Waals surface area contributed by atoms with Crippen molar-refractivity contribution in [2.45, 2.75) is 33.8 Å². The SMILES string of the molecule is Cc1cc(OC(C)C)c(C)cc1N. The molecule has 13 heavy (non-hydrogen) atoms. The fourth-order valence-corrected chi connectivity index (χ4v) is 1.19. The van der Waals surface area contributed by atoms with Crippen molar-refractivity contribution in [3.8, 4) is 5.75 Å². The number of anilines is 1. The molecule has 1 aromatic rings. The van der Waals surface area contributed by atoms with Gasteiger partial charge in [0.15, 0.2) is 0 Å². The normalized spacial score (nSPS) is 10.5. The van der Waals surface area contributed by atoms with Crippen molar-refractivity contribution >= 4 is 5.69 Å². The van der Waals surface area contributed by atoms with E-state index in [9.17, 15) is 0 Å². The number of hydrogen-bond donors (Lipinski definition) is 1. The van der Waals surface area contributed by atoms with Crippen LogP contribution >= 0.6 is 0 Å². The van der Waals surface area contributed by atoms with Crippen molar-refractivity contribution in [1.29, 1.82) is 0 Å². The summed E-state index contributed by atoms with van der Waals surface area (Å²) >= 11 is 0. The van der Waals surface area contributed by atoms with Gasteiger partial charge in [0.25, 0.3) is 0 Å². The zero-order valence-corrected chi connectivity index (χ0v) is 8.72. The molecule has 0 spiro atoms. The summed E-state index contributed by atoms with van der Waals surface area (Å²) in [6.07, 6.45) is 0.210. The van der Waals surface area contributed by atoms with Crippen molar-refractivity contribution in [3.63, 3.8) is 0 Å². The van der Waals surface area contributed by atoms with Crippen LogP contribution in [0.15, 0.2) is 12.1 Å². The van der Waals surface area contributed by atoms with Gasteiger partial charge >= 0.3 is 0 Å². The Balaban J connectivity index is 3.01. The van der Waals surface area contributed by atoms with Crippen LogP contribution in [-0.2, 0) is 0 Å². The lowest BCUT2D eigenvalue weighted by molar-refractivity contribution is 0.240. The van der Waals surface area contributed by atoms with Gasteiger partial charge in [0.1, 0.15) is 5.75 Å². The number of benzene rings is 1. The van der Waals surface area contributed by atoms with Crippen molar-refractivity contribution in [2.75, 3.05) is 5.73 Å². The third kappa shape index (κ3) is 2.38. The molecule has 0 unspecified atom stereocenters. The molecule has 0 bridgehead atoms. The summed E-state index contributed by atoms with van der Waals surface area (Å²) in [5.74, 6) is 0.932. The second-order valence-corrected chi connectivity index (χ2v) is 3.64. The number of rotatable bonds is 2. The molecule has 1 aromatic carbocycles. The van der Waals surface area contributed by atoms with Gasteiger partial charge in [0, 0.05) is 5.69 Å². The second-order valence-electron chi connectivity index (χ2n) is 3.64. The Labute approximate surface area is 79.7 Å². The minimum Gasteiger partial charge on any atom is -0.491 e. The molecule has 0 atom stereocenters. The Hall–Kier alpha value is -1.18. The Morgan fingerprint density at radius 3 is 2.31 bits per heavy atom. The average Bonchev–Trinajstić information content (AvgIpc) is 1.99. The van der Waals surface area contributed by atoms with Crippen LogP contribution in [-0.4, -0.2) is 6.10 Å². The molecule has 0 saturated heterocycles. The molecule has 2 nitrogen and oxygen atoms in total. The average molecular weight is 179 g/mol. The van der Waals surface area contributed by atoms with E-state index in [1.807, 2.05) is 39.8 Å². The van der Waals surface area contributed by atoms with Crippen LogP contribution in [0.2, 0.25) is 0 Å². The standard InChI is InChI=1S/C11H17NO/c1-7(2)13-11-6-8(3)10(12)5-9(11)4/h5-7H,12H2,1-4H3. The van der Waals surface area contributed by atoms with Gasteiger partial charge in [-0.2, -0.15) is 0 Å².